The molecule has 0 saturated carbocycles. The van der Waals surface area contributed by atoms with E-state index in [0.717, 1.165) is 6.54 Å². The SMILES string of the molecule is CNCCCN(C)C(=O)Oc1ccccc1C(=O)Nc1nnc(C(F)(F)F)s1. The summed E-state index contributed by atoms with van der Waals surface area (Å²) in [5.74, 6) is -0.794. The van der Waals surface area contributed by atoms with Crippen LogP contribution in [0.2, 0.25) is 0 Å². The molecule has 152 valence electrons. The Hall–Kier alpha value is -2.73. The molecule has 0 atom stereocenters. The molecule has 0 aliphatic rings. The number of aromatic nitrogens is 2. The monoisotopic (exact) mass is 417 g/mol. The van der Waals surface area contributed by atoms with E-state index in [0.29, 0.717) is 13.0 Å². The van der Waals surface area contributed by atoms with Gasteiger partial charge < -0.3 is 15.0 Å². The molecule has 0 fully saturated rings. The number of carbonyl (C=O) groups excluding carboxylic acids is 2. The fourth-order valence-corrected chi connectivity index (χ4v) is 2.66. The predicted molar refractivity (Wildman–Crippen MR) is 96.5 cm³/mol. The summed E-state index contributed by atoms with van der Waals surface area (Å²) >= 11 is 0.198. The molecule has 1 aromatic heterocycles. The van der Waals surface area contributed by atoms with Gasteiger partial charge in [-0.25, -0.2) is 4.79 Å². The largest absolute Gasteiger partial charge is 0.445 e. The van der Waals surface area contributed by atoms with Gasteiger partial charge in [-0.3, -0.25) is 10.1 Å². The summed E-state index contributed by atoms with van der Waals surface area (Å²) in [6, 6.07) is 5.89. The quantitative estimate of drug-likeness (QED) is 0.673. The zero-order valence-corrected chi connectivity index (χ0v) is 15.9. The summed E-state index contributed by atoms with van der Waals surface area (Å²) in [4.78, 5) is 25.9. The number of hydrogen-bond acceptors (Lipinski definition) is 7. The highest BCUT2D eigenvalue weighted by molar-refractivity contribution is 7.15. The minimum Gasteiger partial charge on any atom is -0.409 e. The molecule has 0 unspecified atom stereocenters. The molecular weight excluding hydrogens is 399 g/mol. The van der Waals surface area contributed by atoms with Crippen molar-refractivity contribution in [3.05, 3.63) is 34.8 Å². The van der Waals surface area contributed by atoms with Crippen LogP contribution in [-0.4, -0.2) is 54.3 Å². The second-order valence-electron chi connectivity index (χ2n) is 5.61. The Bertz CT molecular complexity index is 828. The van der Waals surface area contributed by atoms with Crippen LogP contribution >= 0.6 is 11.3 Å². The van der Waals surface area contributed by atoms with Crippen molar-refractivity contribution in [3.8, 4) is 5.75 Å². The van der Waals surface area contributed by atoms with Crippen LogP contribution in [0, 0.1) is 0 Å². The minimum atomic E-state index is -4.65. The number of alkyl halides is 3. The van der Waals surface area contributed by atoms with Gasteiger partial charge >= 0.3 is 12.3 Å². The van der Waals surface area contributed by atoms with E-state index in [1.54, 1.807) is 20.2 Å². The Morgan fingerprint density at radius 2 is 1.96 bits per heavy atom. The Balaban J connectivity index is 2.07. The number of halogens is 3. The molecule has 1 aromatic carbocycles. The molecule has 28 heavy (non-hydrogen) atoms. The maximum atomic E-state index is 12.6. The molecule has 12 heteroatoms. The zero-order chi connectivity index (χ0) is 20.7. The van der Waals surface area contributed by atoms with Gasteiger partial charge in [0.2, 0.25) is 10.1 Å². The molecule has 0 aliphatic carbocycles. The smallest absolute Gasteiger partial charge is 0.409 e. The number of ether oxygens (including phenoxy) is 1. The lowest BCUT2D eigenvalue weighted by Crippen LogP contribution is -2.32. The molecule has 0 aliphatic heterocycles. The minimum absolute atomic E-state index is 0.0222. The zero-order valence-electron chi connectivity index (χ0n) is 15.0. The van der Waals surface area contributed by atoms with Crippen molar-refractivity contribution in [2.75, 3.05) is 32.5 Å². The third kappa shape index (κ3) is 5.89. The number of rotatable bonds is 7. The number of hydrogen-bond donors (Lipinski definition) is 2. The van der Waals surface area contributed by atoms with Crippen LogP contribution in [0.5, 0.6) is 5.75 Å². The van der Waals surface area contributed by atoms with E-state index in [9.17, 15) is 22.8 Å². The normalized spacial score (nSPS) is 11.2. The van der Waals surface area contributed by atoms with Gasteiger partial charge in [0, 0.05) is 13.6 Å². The Morgan fingerprint density at radius 3 is 2.61 bits per heavy atom. The van der Waals surface area contributed by atoms with Crippen molar-refractivity contribution in [1.82, 2.24) is 20.4 Å². The van der Waals surface area contributed by atoms with Crippen LogP contribution in [0.25, 0.3) is 0 Å². The van der Waals surface area contributed by atoms with E-state index in [1.807, 2.05) is 0 Å². The second kappa shape index (κ2) is 9.46. The lowest BCUT2D eigenvalue weighted by atomic mass is 10.2. The molecule has 0 radical (unpaired) electrons. The van der Waals surface area contributed by atoms with E-state index in [2.05, 4.69) is 20.8 Å². The van der Waals surface area contributed by atoms with E-state index in [-0.39, 0.29) is 27.8 Å². The van der Waals surface area contributed by atoms with E-state index in [4.69, 9.17) is 4.74 Å². The molecular formula is C16H18F3N5O3S. The molecule has 0 spiro atoms. The molecule has 0 bridgehead atoms. The van der Waals surface area contributed by atoms with Crippen molar-refractivity contribution in [3.63, 3.8) is 0 Å². The lowest BCUT2D eigenvalue weighted by Gasteiger charge is -2.17. The van der Waals surface area contributed by atoms with Crippen LogP contribution in [-0.2, 0) is 6.18 Å². The topological polar surface area (TPSA) is 96.5 Å². The molecule has 2 rings (SSSR count). The Kier molecular flexibility index (Phi) is 7.29. The van der Waals surface area contributed by atoms with Gasteiger partial charge in [-0.1, -0.05) is 23.5 Å². The number of benzene rings is 1. The number of nitrogens with zero attached hydrogens (tertiary/aromatic N) is 3. The summed E-state index contributed by atoms with van der Waals surface area (Å²) in [6.45, 7) is 1.16. The molecule has 2 amide bonds. The molecule has 0 saturated heterocycles. The first-order valence-corrected chi connectivity index (χ1v) is 8.92. The number of carbonyl (C=O) groups is 2. The summed E-state index contributed by atoms with van der Waals surface area (Å²) < 4.78 is 43.0. The third-order valence-electron chi connectivity index (χ3n) is 3.45. The van der Waals surface area contributed by atoms with Crippen molar-refractivity contribution in [2.24, 2.45) is 0 Å². The number of para-hydroxylation sites is 1. The summed E-state index contributed by atoms with van der Waals surface area (Å²) in [5.41, 5.74) is -0.0248. The average molecular weight is 417 g/mol. The lowest BCUT2D eigenvalue weighted by molar-refractivity contribution is -0.138. The number of anilines is 1. The first-order chi connectivity index (χ1) is 13.2. The highest BCUT2D eigenvalue weighted by atomic mass is 32.1. The van der Waals surface area contributed by atoms with Gasteiger partial charge in [0.25, 0.3) is 5.91 Å². The standard InChI is InChI=1S/C16H18F3N5O3S/c1-20-8-5-9-24(2)15(26)27-11-7-4-3-6-10(11)12(25)21-14-23-22-13(28-14)16(17,18)19/h3-4,6-7,20H,5,8-9H2,1-2H3,(H,21,23,25). The first kappa shape index (κ1) is 21.6. The second-order valence-corrected chi connectivity index (χ2v) is 6.58. The van der Waals surface area contributed by atoms with Gasteiger partial charge in [0.05, 0.1) is 5.56 Å². The van der Waals surface area contributed by atoms with Crippen molar-refractivity contribution in [2.45, 2.75) is 12.6 Å². The van der Waals surface area contributed by atoms with Gasteiger partial charge in [0.1, 0.15) is 5.75 Å². The van der Waals surface area contributed by atoms with E-state index < -0.39 is 23.2 Å². The highest BCUT2D eigenvalue weighted by Gasteiger charge is 2.36. The van der Waals surface area contributed by atoms with E-state index >= 15 is 0 Å². The Labute approximate surface area is 162 Å². The van der Waals surface area contributed by atoms with Crippen molar-refractivity contribution < 1.29 is 27.5 Å². The molecule has 1 heterocycles. The van der Waals surface area contributed by atoms with Gasteiger partial charge in [-0.2, -0.15) is 13.2 Å². The van der Waals surface area contributed by atoms with Gasteiger partial charge in [0.15, 0.2) is 0 Å². The third-order valence-corrected chi connectivity index (χ3v) is 4.33. The Morgan fingerprint density at radius 1 is 1.25 bits per heavy atom. The summed E-state index contributed by atoms with van der Waals surface area (Å²) in [7, 11) is 3.35. The van der Waals surface area contributed by atoms with Crippen LogP contribution in [0.3, 0.4) is 0 Å². The van der Waals surface area contributed by atoms with Crippen LogP contribution < -0.4 is 15.4 Å². The van der Waals surface area contributed by atoms with Crippen LogP contribution in [0.15, 0.2) is 24.3 Å². The number of amides is 2. The maximum absolute atomic E-state index is 12.6. The summed E-state index contributed by atoms with van der Waals surface area (Å²) in [5, 5.41) is 9.99. The van der Waals surface area contributed by atoms with E-state index in [1.165, 1.54) is 23.1 Å². The van der Waals surface area contributed by atoms with Crippen LogP contribution in [0.4, 0.5) is 23.1 Å². The predicted octanol–water partition coefficient (Wildman–Crippen LogP) is 2.85. The average Bonchev–Trinajstić information content (AvgIpc) is 3.11. The van der Waals surface area contributed by atoms with Crippen molar-refractivity contribution >= 4 is 28.5 Å². The first-order valence-electron chi connectivity index (χ1n) is 8.11. The summed E-state index contributed by atoms with van der Waals surface area (Å²) in [6.07, 6.45) is -4.60. The van der Waals surface area contributed by atoms with Crippen LogP contribution in [0.1, 0.15) is 21.8 Å². The fraction of sp³-hybridized carbons (Fsp3) is 0.375. The van der Waals surface area contributed by atoms with Crippen molar-refractivity contribution in [1.29, 1.82) is 0 Å². The van der Waals surface area contributed by atoms with Gasteiger partial charge in [-0.05, 0) is 32.1 Å². The maximum Gasteiger partial charge on any atom is 0.445 e. The molecule has 2 N–H and O–H groups in total. The molecule has 8 nitrogen and oxygen atoms in total. The molecule has 2 aromatic rings. The van der Waals surface area contributed by atoms with Gasteiger partial charge in [-0.15, -0.1) is 10.2 Å². The fourth-order valence-electron chi connectivity index (χ4n) is 2.05. The number of nitrogens with one attached hydrogen (secondary N) is 2. The highest BCUT2D eigenvalue weighted by Crippen LogP contribution is 2.33.